The Balaban J connectivity index is 3.61. The minimum atomic E-state index is -3.01. The second kappa shape index (κ2) is 3.51. The molecule has 4 nitrogen and oxygen atoms in total. The van der Waals surface area contributed by atoms with E-state index in [1.165, 1.54) is 6.26 Å². The summed E-state index contributed by atoms with van der Waals surface area (Å²) in [6.07, 6.45) is 1.17. The molecule has 0 atom stereocenters. The number of nitrogens with one attached hydrogen (secondary N) is 1. The van der Waals surface area contributed by atoms with Gasteiger partial charge in [-0.05, 0) is 0 Å². The van der Waals surface area contributed by atoms with E-state index in [9.17, 15) is 8.42 Å². The van der Waals surface area contributed by atoms with Crippen LogP contribution >= 0.6 is 0 Å². The highest BCUT2D eigenvalue weighted by molar-refractivity contribution is 7.88. The van der Waals surface area contributed by atoms with Gasteiger partial charge >= 0.3 is 0 Å². The van der Waals surface area contributed by atoms with Gasteiger partial charge in [0.05, 0.1) is 40.5 Å². The molecular formula is C6H17N2O2S+. The minimum absolute atomic E-state index is 0.502. The first-order valence-corrected chi connectivity index (χ1v) is 5.35. The van der Waals surface area contributed by atoms with Gasteiger partial charge in [-0.2, -0.15) is 0 Å². The summed E-state index contributed by atoms with van der Waals surface area (Å²) >= 11 is 0. The summed E-state index contributed by atoms with van der Waals surface area (Å²) in [5, 5.41) is 0. The molecule has 0 aromatic heterocycles. The fraction of sp³-hybridized carbons (Fsp3) is 1.00. The van der Waals surface area contributed by atoms with Crippen LogP contribution in [0.25, 0.3) is 0 Å². The Bertz CT molecular complexity index is 203. The van der Waals surface area contributed by atoms with Gasteiger partial charge in [-0.3, -0.25) is 0 Å². The number of rotatable bonds is 4. The topological polar surface area (TPSA) is 46.2 Å². The Morgan fingerprint density at radius 3 is 2.00 bits per heavy atom. The van der Waals surface area contributed by atoms with Crippen molar-refractivity contribution in [2.45, 2.75) is 0 Å². The fourth-order valence-corrected chi connectivity index (χ4v) is 1.03. The molecule has 0 aromatic rings. The average Bonchev–Trinajstić information content (AvgIpc) is 1.55. The third-order valence-corrected chi connectivity index (χ3v) is 1.88. The van der Waals surface area contributed by atoms with Gasteiger partial charge in [0.1, 0.15) is 0 Å². The summed E-state index contributed by atoms with van der Waals surface area (Å²) < 4.78 is 24.4. The molecule has 0 saturated carbocycles. The fourth-order valence-electron chi connectivity index (χ4n) is 0.566. The molecule has 68 valence electrons. The summed E-state index contributed by atoms with van der Waals surface area (Å²) in [7, 11) is 3.05. The molecule has 0 radical (unpaired) electrons. The molecule has 5 heteroatoms. The van der Waals surface area contributed by atoms with Crippen LogP contribution < -0.4 is 4.72 Å². The first-order valence-electron chi connectivity index (χ1n) is 3.46. The van der Waals surface area contributed by atoms with Crippen molar-refractivity contribution >= 4 is 10.0 Å². The molecule has 0 spiro atoms. The summed E-state index contributed by atoms with van der Waals surface area (Å²) in [6, 6.07) is 0. The number of nitrogens with zero attached hydrogens (tertiary/aromatic N) is 1. The van der Waals surface area contributed by atoms with Crippen molar-refractivity contribution < 1.29 is 12.9 Å². The smallest absolute Gasteiger partial charge is 0.208 e. The van der Waals surface area contributed by atoms with E-state index in [2.05, 4.69) is 4.72 Å². The van der Waals surface area contributed by atoms with Crippen LogP contribution in [0, 0.1) is 0 Å². The molecule has 0 amide bonds. The van der Waals surface area contributed by atoms with Crippen LogP contribution in [0.4, 0.5) is 0 Å². The van der Waals surface area contributed by atoms with E-state index in [0.29, 0.717) is 6.54 Å². The van der Waals surface area contributed by atoms with Crippen LogP contribution in [0.3, 0.4) is 0 Å². The molecule has 0 fully saturated rings. The van der Waals surface area contributed by atoms with Gasteiger partial charge in [-0.15, -0.1) is 0 Å². The largest absolute Gasteiger partial charge is 0.330 e. The van der Waals surface area contributed by atoms with Gasteiger partial charge < -0.3 is 4.48 Å². The van der Waals surface area contributed by atoms with Gasteiger partial charge in [-0.25, -0.2) is 13.1 Å². The molecule has 0 aliphatic carbocycles. The Labute approximate surface area is 68.8 Å². The molecule has 0 saturated heterocycles. The Kier molecular flexibility index (Phi) is 3.47. The highest BCUT2D eigenvalue weighted by atomic mass is 32.2. The van der Waals surface area contributed by atoms with E-state index in [-0.39, 0.29) is 0 Å². The molecule has 0 heterocycles. The zero-order chi connectivity index (χ0) is 9.12. The van der Waals surface area contributed by atoms with Gasteiger partial charge in [0.15, 0.2) is 0 Å². The first kappa shape index (κ1) is 10.9. The SMILES string of the molecule is C[N+](C)(C)CCNS(C)(=O)=O. The molecule has 0 bridgehead atoms. The normalized spacial score (nSPS) is 13.5. The van der Waals surface area contributed by atoms with Crippen molar-refractivity contribution in [2.24, 2.45) is 0 Å². The van der Waals surface area contributed by atoms with Gasteiger partial charge in [-0.1, -0.05) is 0 Å². The van der Waals surface area contributed by atoms with Crippen molar-refractivity contribution in [3.05, 3.63) is 0 Å². The van der Waals surface area contributed by atoms with Crippen molar-refractivity contribution in [3.63, 3.8) is 0 Å². The number of quaternary nitrogens is 1. The lowest BCUT2D eigenvalue weighted by atomic mass is 10.5. The van der Waals surface area contributed by atoms with Gasteiger partial charge in [0, 0.05) is 0 Å². The van der Waals surface area contributed by atoms with Crippen molar-refractivity contribution in [1.29, 1.82) is 0 Å². The molecule has 0 aliphatic rings. The quantitative estimate of drug-likeness (QED) is 0.580. The minimum Gasteiger partial charge on any atom is -0.330 e. The molecule has 0 rings (SSSR count). The lowest BCUT2D eigenvalue weighted by Crippen LogP contribution is -2.41. The summed E-state index contributed by atoms with van der Waals surface area (Å²) in [5.41, 5.74) is 0. The van der Waals surface area contributed by atoms with Crippen LogP contribution in [-0.4, -0.2) is 53.4 Å². The summed E-state index contributed by atoms with van der Waals surface area (Å²) in [5.74, 6) is 0. The maximum Gasteiger partial charge on any atom is 0.208 e. The number of hydrogen-bond donors (Lipinski definition) is 1. The third-order valence-electron chi connectivity index (χ3n) is 1.15. The molecule has 11 heavy (non-hydrogen) atoms. The Morgan fingerprint density at radius 2 is 1.73 bits per heavy atom. The van der Waals surface area contributed by atoms with Gasteiger partial charge in [0.2, 0.25) is 10.0 Å². The average molecular weight is 181 g/mol. The predicted octanol–water partition coefficient (Wildman–Crippen LogP) is -0.758. The Morgan fingerprint density at radius 1 is 1.27 bits per heavy atom. The first-order chi connectivity index (χ1) is 4.71. The number of hydrogen-bond acceptors (Lipinski definition) is 2. The van der Waals surface area contributed by atoms with Crippen molar-refractivity contribution in [2.75, 3.05) is 40.5 Å². The lowest BCUT2D eigenvalue weighted by molar-refractivity contribution is -0.869. The van der Waals surface area contributed by atoms with E-state index >= 15 is 0 Å². The van der Waals surface area contributed by atoms with E-state index in [1.54, 1.807) is 0 Å². The zero-order valence-electron chi connectivity index (χ0n) is 7.59. The molecule has 1 N–H and O–H groups in total. The summed E-state index contributed by atoms with van der Waals surface area (Å²) in [6.45, 7) is 1.30. The van der Waals surface area contributed by atoms with Crippen LogP contribution in [0.5, 0.6) is 0 Å². The van der Waals surface area contributed by atoms with E-state index in [4.69, 9.17) is 0 Å². The van der Waals surface area contributed by atoms with E-state index < -0.39 is 10.0 Å². The van der Waals surface area contributed by atoms with Gasteiger partial charge in [0.25, 0.3) is 0 Å². The number of likely N-dealkylation sites (N-methyl/N-ethyl adjacent to an activating group) is 1. The van der Waals surface area contributed by atoms with Crippen LogP contribution in [0.2, 0.25) is 0 Å². The lowest BCUT2D eigenvalue weighted by Gasteiger charge is -2.23. The maximum absolute atomic E-state index is 10.6. The molecule has 0 aliphatic heterocycles. The predicted molar refractivity (Wildman–Crippen MR) is 45.7 cm³/mol. The summed E-state index contributed by atoms with van der Waals surface area (Å²) in [4.78, 5) is 0. The maximum atomic E-state index is 10.6. The standard InChI is InChI=1S/C6H17N2O2S/c1-8(2,3)6-5-7-11(4,9)10/h7H,5-6H2,1-4H3/q+1. The highest BCUT2D eigenvalue weighted by Crippen LogP contribution is 1.86. The second-order valence-electron chi connectivity index (χ2n) is 3.68. The Hall–Kier alpha value is -0.130. The van der Waals surface area contributed by atoms with Crippen LogP contribution in [0.15, 0.2) is 0 Å². The highest BCUT2D eigenvalue weighted by Gasteiger charge is 2.07. The molecule has 0 aromatic carbocycles. The molecule has 0 unspecified atom stereocenters. The molecular weight excluding hydrogens is 164 g/mol. The van der Waals surface area contributed by atoms with E-state index in [1.807, 2.05) is 21.1 Å². The van der Waals surface area contributed by atoms with E-state index in [0.717, 1.165) is 11.0 Å². The third kappa shape index (κ3) is 9.87. The zero-order valence-corrected chi connectivity index (χ0v) is 8.40. The van der Waals surface area contributed by atoms with Crippen LogP contribution in [-0.2, 0) is 10.0 Å². The second-order valence-corrected chi connectivity index (χ2v) is 5.51. The van der Waals surface area contributed by atoms with Crippen LogP contribution in [0.1, 0.15) is 0 Å². The van der Waals surface area contributed by atoms with Crippen molar-refractivity contribution in [3.8, 4) is 0 Å². The van der Waals surface area contributed by atoms with Crippen molar-refractivity contribution in [1.82, 2.24) is 4.72 Å². The monoisotopic (exact) mass is 181 g/mol. The number of sulfonamides is 1.